The molecule has 0 unspecified atom stereocenters. The summed E-state index contributed by atoms with van der Waals surface area (Å²) in [7, 11) is 0. The molecule has 2 heteroatoms. The molecule has 0 spiro atoms. The Hall–Kier alpha value is 1.09. The summed E-state index contributed by atoms with van der Waals surface area (Å²) in [5, 5.41) is 0. The molecule has 0 atom stereocenters. The van der Waals surface area contributed by atoms with Crippen LogP contribution >= 0.6 is 0 Å². The Morgan fingerprint density at radius 3 is 1.92 bits per heavy atom. The fourth-order valence-corrected chi connectivity index (χ4v) is 1.48. The topological polar surface area (TPSA) is 0 Å². The molecular formula is C10H16Hg2. The summed E-state index contributed by atoms with van der Waals surface area (Å²) in [5.41, 5.74) is 1.36. The summed E-state index contributed by atoms with van der Waals surface area (Å²) < 4.78 is 1.73. The molecule has 0 aliphatic carbocycles. The van der Waals surface area contributed by atoms with Crippen LogP contribution in [0.5, 0.6) is 0 Å². The van der Waals surface area contributed by atoms with Crippen LogP contribution in [0.1, 0.15) is 27.7 Å². The predicted molar refractivity (Wildman–Crippen MR) is 48.0 cm³/mol. The van der Waals surface area contributed by atoms with E-state index in [1.54, 1.807) is 0.591 Å². The third-order valence-electron chi connectivity index (χ3n) is 1.01. The van der Waals surface area contributed by atoms with Gasteiger partial charge < -0.3 is 0 Å². The largest absolute Gasteiger partial charge is 0.0683 e. The SMILES string of the molecule is C/C=C\C(C)=C/C=[C]([Hg])[Hg].CC. The molecule has 0 aromatic rings. The van der Waals surface area contributed by atoms with Gasteiger partial charge in [0.2, 0.25) is 0 Å². The van der Waals surface area contributed by atoms with E-state index in [1.165, 1.54) is 5.57 Å². The summed E-state index contributed by atoms with van der Waals surface area (Å²) in [4.78, 5) is 0. The van der Waals surface area contributed by atoms with E-state index in [4.69, 9.17) is 0 Å². The Bertz CT molecular complexity index is 172. The maximum Gasteiger partial charge on any atom is -0.0683 e. The summed E-state index contributed by atoms with van der Waals surface area (Å²) >= 11 is 1.77. The molecule has 0 fully saturated rings. The van der Waals surface area contributed by atoms with Gasteiger partial charge >= 0.3 is 96.6 Å². The van der Waals surface area contributed by atoms with Gasteiger partial charge in [0.05, 0.1) is 0 Å². The minimum atomic E-state index is 0.887. The number of allylic oxidation sites excluding steroid dienone is 5. The van der Waals surface area contributed by atoms with Gasteiger partial charge in [0.1, 0.15) is 0 Å². The first-order valence-electron chi connectivity index (χ1n) is 4.32. The van der Waals surface area contributed by atoms with Gasteiger partial charge in [-0.3, -0.25) is 0 Å². The van der Waals surface area contributed by atoms with E-state index in [-0.39, 0.29) is 0 Å². The van der Waals surface area contributed by atoms with Crippen LogP contribution in [-0.2, 0) is 52.2 Å². The van der Waals surface area contributed by atoms with Crippen molar-refractivity contribution in [3.8, 4) is 0 Å². The van der Waals surface area contributed by atoms with Crippen molar-refractivity contribution in [1.82, 2.24) is 0 Å². The van der Waals surface area contributed by atoms with Gasteiger partial charge in [-0.2, -0.15) is 0 Å². The molecule has 0 aromatic heterocycles. The average molecular weight is 537 g/mol. The monoisotopic (exact) mass is 540 g/mol. The Balaban J connectivity index is 0. The van der Waals surface area contributed by atoms with Crippen LogP contribution in [0.4, 0.5) is 0 Å². The van der Waals surface area contributed by atoms with Crippen molar-refractivity contribution in [3.63, 3.8) is 0 Å². The zero-order valence-corrected chi connectivity index (χ0v) is 19.7. The molecule has 60 valence electrons. The van der Waals surface area contributed by atoms with Crippen molar-refractivity contribution >= 4 is 0 Å². The molecule has 0 bridgehead atoms. The first-order chi connectivity index (χ1) is 5.66. The van der Waals surface area contributed by atoms with Crippen LogP contribution in [0.15, 0.2) is 30.5 Å². The van der Waals surface area contributed by atoms with Crippen LogP contribution < -0.4 is 0 Å². The Kier molecular flexibility index (Phi) is 15.7. The second kappa shape index (κ2) is 12.1. The van der Waals surface area contributed by atoms with Crippen LogP contribution in [-0.4, -0.2) is 0 Å². The van der Waals surface area contributed by atoms with Crippen LogP contribution in [0.3, 0.4) is 0 Å². The minimum absolute atomic E-state index is 0.887. The van der Waals surface area contributed by atoms with Gasteiger partial charge in [0, 0.05) is 0 Å². The third-order valence-corrected chi connectivity index (χ3v) is 2.84. The van der Waals surface area contributed by atoms with Gasteiger partial charge in [-0.05, 0) is 0 Å². The molecule has 0 aliphatic rings. The minimum Gasteiger partial charge on any atom is -0.0683 e. The van der Waals surface area contributed by atoms with Crippen molar-refractivity contribution in [2.45, 2.75) is 27.7 Å². The summed E-state index contributed by atoms with van der Waals surface area (Å²) in [6, 6.07) is 0. The van der Waals surface area contributed by atoms with E-state index < -0.39 is 0 Å². The Morgan fingerprint density at radius 1 is 1.08 bits per heavy atom. The van der Waals surface area contributed by atoms with Gasteiger partial charge in [-0.15, -0.1) is 0 Å². The molecule has 0 aliphatic heterocycles. The fourth-order valence-electron chi connectivity index (χ4n) is 0.568. The van der Waals surface area contributed by atoms with Crippen molar-refractivity contribution in [2.24, 2.45) is 0 Å². The van der Waals surface area contributed by atoms with Crippen molar-refractivity contribution in [3.05, 3.63) is 30.5 Å². The Morgan fingerprint density at radius 2 is 1.58 bits per heavy atom. The second-order valence-corrected chi connectivity index (χ2v) is 24.4. The van der Waals surface area contributed by atoms with E-state index in [9.17, 15) is 0 Å². The van der Waals surface area contributed by atoms with Gasteiger partial charge in [0.15, 0.2) is 0 Å². The molecule has 0 aromatic carbocycles. The first-order valence-corrected chi connectivity index (χ1v) is 9.81. The van der Waals surface area contributed by atoms with E-state index in [0.717, 1.165) is 52.2 Å². The molecule has 0 saturated heterocycles. The standard InChI is InChI=1S/C8H10.C2H6.2Hg/c1-4-6-8(3)7-5-2;1-2;;/h4-7H,1,3H3;1-2H3;;/b6-4-,8-7-;;;. The molecular weight excluding hydrogens is 521 g/mol. The van der Waals surface area contributed by atoms with E-state index in [2.05, 4.69) is 38.2 Å². The number of hydrogen-bond donors (Lipinski definition) is 0. The molecule has 0 radical (unpaired) electrons. The van der Waals surface area contributed by atoms with Crippen LogP contribution in [0.2, 0.25) is 0 Å². The first kappa shape index (κ1) is 15.6. The van der Waals surface area contributed by atoms with Crippen molar-refractivity contribution in [2.75, 3.05) is 0 Å². The molecule has 0 saturated carbocycles. The average Bonchev–Trinajstić information content (AvgIpc) is 2.05. The normalized spacial score (nSPS) is 10.8. The number of rotatable bonds is 2. The van der Waals surface area contributed by atoms with Crippen molar-refractivity contribution in [1.29, 1.82) is 0 Å². The Labute approximate surface area is 109 Å². The zero-order chi connectivity index (χ0) is 9.98. The quantitative estimate of drug-likeness (QED) is 0.374. The van der Waals surface area contributed by atoms with Gasteiger partial charge in [0.25, 0.3) is 0 Å². The predicted octanol–water partition coefficient (Wildman–Crippen LogP) is 3.47. The summed E-state index contributed by atoms with van der Waals surface area (Å²) in [6.45, 7) is 8.19. The molecule has 0 rings (SSSR count). The van der Waals surface area contributed by atoms with E-state index >= 15 is 0 Å². The molecule has 0 N–H and O–H groups in total. The van der Waals surface area contributed by atoms with Crippen LogP contribution in [0, 0.1) is 0 Å². The van der Waals surface area contributed by atoms with Crippen molar-refractivity contribution < 1.29 is 52.2 Å². The maximum atomic E-state index is 2.29. The van der Waals surface area contributed by atoms with E-state index in [1.807, 2.05) is 13.8 Å². The second-order valence-electron chi connectivity index (χ2n) is 2.24. The maximum absolute atomic E-state index is 2.29. The molecule has 12 heavy (non-hydrogen) atoms. The smallest absolute Gasteiger partial charge is 0.0683 e. The molecule has 0 heterocycles. The zero-order valence-electron chi connectivity index (χ0n) is 8.72. The van der Waals surface area contributed by atoms with Gasteiger partial charge in [-0.1, -0.05) is 13.8 Å². The molecule has 0 nitrogen and oxygen atoms in total. The van der Waals surface area contributed by atoms with E-state index in [0.29, 0.717) is 0 Å². The summed E-state index contributed by atoms with van der Waals surface area (Å²) in [6.07, 6.45) is 8.73. The third kappa shape index (κ3) is 13.7. The van der Waals surface area contributed by atoms with Gasteiger partial charge in [-0.25, -0.2) is 0 Å². The summed E-state index contributed by atoms with van der Waals surface area (Å²) in [5.74, 6) is 0. The molecule has 0 amide bonds. The fraction of sp³-hybridized carbons (Fsp3) is 0.400. The van der Waals surface area contributed by atoms with Crippen LogP contribution in [0.25, 0.3) is 0 Å². The number of hydrogen-bond acceptors (Lipinski definition) is 0.